The summed E-state index contributed by atoms with van der Waals surface area (Å²) in [7, 11) is 0. The second-order valence-corrected chi connectivity index (χ2v) is 18.1. The summed E-state index contributed by atoms with van der Waals surface area (Å²) in [5.41, 5.74) is 9.52. The van der Waals surface area contributed by atoms with E-state index in [9.17, 15) is 19.8 Å². The molecule has 0 aliphatic carbocycles. The lowest BCUT2D eigenvalue weighted by Crippen LogP contribution is -2.25. The number of phenols is 2. The van der Waals surface area contributed by atoms with Crippen LogP contribution in [0.3, 0.4) is 0 Å². The van der Waals surface area contributed by atoms with Gasteiger partial charge in [0.15, 0.2) is 5.78 Å². The van der Waals surface area contributed by atoms with Crippen LogP contribution in [0, 0.1) is 13.8 Å². The number of carbonyl (C=O) groups excluding carboxylic acids is 2. The Morgan fingerprint density at radius 3 is 1.39 bits per heavy atom. The second kappa shape index (κ2) is 15.5. The maximum atomic E-state index is 12.9. The summed E-state index contributed by atoms with van der Waals surface area (Å²) in [4.78, 5) is 25.4. The summed E-state index contributed by atoms with van der Waals surface area (Å²) in [5.74, 6) is 0.493. The van der Waals surface area contributed by atoms with E-state index in [1.165, 1.54) is 22.3 Å². The van der Waals surface area contributed by atoms with Crippen molar-refractivity contribution in [3.63, 3.8) is 0 Å². The van der Waals surface area contributed by atoms with Crippen LogP contribution in [0.25, 0.3) is 0 Å². The molecule has 0 spiro atoms. The van der Waals surface area contributed by atoms with Crippen LogP contribution in [0.2, 0.25) is 0 Å². The number of ketones is 1. The molecule has 1 amide bonds. The van der Waals surface area contributed by atoms with Gasteiger partial charge in [-0.3, -0.25) is 9.59 Å². The molecule has 0 radical (unpaired) electrons. The van der Waals surface area contributed by atoms with Gasteiger partial charge in [-0.2, -0.15) is 0 Å². The summed E-state index contributed by atoms with van der Waals surface area (Å²) in [5, 5.41) is 23.2. The normalized spacial score (nSPS) is 12.2. The van der Waals surface area contributed by atoms with Gasteiger partial charge in [0.05, 0.1) is 6.42 Å². The van der Waals surface area contributed by atoms with Crippen molar-refractivity contribution in [1.29, 1.82) is 0 Å². The lowest BCUT2D eigenvalue weighted by molar-refractivity contribution is -0.120. The fourth-order valence-corrected chi connectivity index (χ4v) is 6.28. The van der Waals surface area contributed by atoms with Crippen molar-refractivity contribution in [3.05, 3.63) is 128 Å². The molecule has 5 nitrogen and oxygen atoms in total. The van der Waals surface area contributed by atoms with Gasteiger partial charge >= 0.3 is 0 Å². The van der Waals surface area contributed by atoms with E-state index in [0.29, 0.717) is 29.8 Å². The Balaban J connectivity index is 0.000000277. The molecule has 274 valence electrons. The van der Waals surface area contributed by atoms with Gasteiger partial charge in [0.1, 0.15) is 11.5 Å². The Hall–Kier alpha value is -4.38. The fraction of sp³-hybridized carbons (Fsp3) is 0.435. The Morgan fingerprint density at radius 2 is 0.980 bits per heavy atom. The van der Waals surface area contributed by atoms with Crippen LogP contribution < -0.4 is 5.32 Å². The Bertz CT molecular complexity index is 1770. The highest BCUT2D eigenvalue weighted by molar-refractivity contribution is 6.09. The van der Waals surface area contributed by atoms with Gasteiger partial charge < -0.3 is 15.5 Å². The van der Waals surface area contributed by atoms with Crippen molar-refractivity contribution >= 4 is 11.7 Å². The lowest BCUT2D eigenvalue weighted by Gasteiger charge is -2.29. The van der Waals surface area contributed by atoms with Gasteiger partial charge in [0.25, 0.3) is 0 Å². The minimum Gasteiger partial charge on any atom is -0.508 e. The van der Waals surface area contributed by atoms with Crippen LogP contribution in [0.5, 0.6) is 11.5 Å². The zero-order chi connectivity index (χ0) is 38.7. The zero-order valence-corrected chi connectivity index (χ0v) is 33.6. The molecule has 0 aliphatic heterocycles. The van der Waals surface area contributed by atoms with E-state index in [0.717, 1.165) is 22.3 Å². The van der Waals surface area contributed by atoms with Crippen LogP contribution in [0.4, 0.5) is 0 Å². The molecular formula is C46H61NO4. The number of amides is 1. The molecule has 0 unspecified atom stereocenters. The topological polar surface area (TPSA) is 86.6 Å². The van der Waals surface area contributed by atoms with Crippen LogP contribution in [0.1, 0.15) is 144 Å². The molecule has 51 heavy (non-hydrogen) atoms. The van der Waals surface area contributed by atoms with E-state index in [-0.39, 0.29) is 39.1 Å². The molecule has 0 atom stereocenters. The number of benzene rings is 4. The number of aromatic hydroxyl groups is 2. The zero-order valence-electron chi connectivity index (χ0n) is 33.6. The summed E-state index contributed by atoms with van der Waals surface area (Å²) >= 11 is 0. The fourth-order valence-electron chi connectivity index (χ4n) is 6.28. The first-order valence-electron chi connectivity index (χ1n) is 18.0. The molecule has 0 aromatic heterocycles. The van der Waals surface area contributed by atoms with E-state index in [2.05, 4.69) is 95.3 Å². The monoisotopic (exact) mass is 691 g/mol. The molecule has 0 saturated heterocycles. The van der Waals surface area contributed by atoms with Gasteiger partial charge in [-0.25, -0.2) is 0 Å². The molecule has 0 heterocycles. The predicted octanol–water partition coefficient (Wildman–Crippen LogP) is 10.7. The average Bonchev–Trinajstić information content (AvgIpc) is 3.00. The summed E-state index contributed by atoms with van der Waals surface area (Å²) in [6.07, 6.45) is 0.304. The third kappa shape index (κ3) is 11.1. The highest BCUT2D eigenvalue weighted by Gasteiger charge is 2.28. The first kappa shape index (κ1) is 41.0. The summed E-state index contributed by atoms with van der Waals surface area (Å²) in [6.45, 7) is 30.3. The molecule has 4 rings (SSSR count). The molecule has 4 aromatic rings. The predicted molar refractivity (Wildman–Crippen MR) is 212 cm³/mol. The number of carbonyl (C=O) groups is 2. The smallest absolute Gasteiger partial charge is 0.224 e. The Kier molecular flexibility index (Phi) is 12.5. The third-order valence-corrected chi connectivity index (χ3v) is 9.18. The van der Waals surface area contributed by atoms with E-state index in [1.54, 1.807) is 24.3 Å². The van der Waals surface area contributed by atoms with Crippen LogP contribution >= 0.6 is 0 Å². The van der Waals surface area contributed by atoms with Crippen LogP contribution in [0.15, 0.2) is 72.8 Å². The first-order chi connectivity index (χ1) is 23.3. The maximum Gasteiger partial charge on any atom is 0.224 e. The number of hydrogen-bond acceptors (Lipinski definition) is 4. The number of aryl methyl sites for hydroxylation is 1. The second-order valence-electron chi connectivity index (χ2n) is 18.1. The van der Waals surface area contributed by atoms with E-state index in [1.807, 2.05) is 55.5 Å². The van der Waals surface area contributed by atoms with E-state index >= 15 is 0 Å². The van der Waals surface area contributed by atoms with Gasteiger partial charge in [-0.15, -0.1) is 0 Å². The van der Waals surface area contributed by atoms with Crippen molar-refractivity contribution in [2.24, 2.45) is 0 Å². The minimum atomic E-state index is -0.196. The van der Waals surface area contributed by atoms with Gasteiger partial charge in [0.2, 0.25) is 5.91 Å². The molecular weight excluding hydrogens is 631 g/mol. The van der Waals surface area contributed by atoms with E-state index in [4.69, 9.17) is 0 Å². The van der Waals surface area contributed by atoms with Gasteiger partial charge in [-0.05, 0) is 111 Å². The molecule has 3 N–H and O–H groups in total. The standard InChI is InChI=1S/C24H33NO2.C22H28O2/c1-16-8-10-17(11-9-16)15-25-21(26)14-18-12-19(23(2,3)4)22(27)20(13-18)24(5,6)7;1-14-18(21(2,3)4)12-16(13-19(14)22(5,6)7)20(24)15-8-10-17(23)11-9-15/h8-13,27H,14-15H2,1-7H3,(H,25,26);8-13,23H,1-7H3. The molecule has 0 bridgehead atoms. The summed E-state index contributed by atoms with van der Waals surface area (Å²) in [6, 6.07) is 22.6. The number of hydrogen-bond donors (Lipinski definition) is 3. The number of rotatable bonds is 6. The highest BCUT2D eigenvalue weighted by Crippen LogP contribution is 2.40. The molecule has 0 aliphatic rings. The largest absolute Gasteiger partial charge is 0.508 e. The summed E-state index contributed by atoms with van der Waals surface area (Å²) < 4.78 is 0. The van der Waals surface area contributed by atoms with Crippen LogP contribution in [-0.2, 0) is 39.4 Å². The Labute approximate surface area is 307 Å². The van der Waals surface area contributed by atoms with Crippen molar-refractivity contribution in [2.75, 3.05) is 0 Å². The van der Waals surface area contributed by atoms with Gasteiger partial charge in [-0.1, -0.05) is 125 Å². The first-order valence-corrected chi connectivity index (χ1v) is 18.0. The maximum absolute atomic E-state index is 12.9. The quantitative estimate of drug-likeness (QED) is 0.176. The Morgan fingerprint density at radius 1 is 0.549 bits per heavy atom. The van der Waals surface area contributed by atoms with Crippen molar-refractivity contribution in [2.45, 2.75) is 132 Å². The SMILES string of the molecule is Cc1c(C(C)(C)C)cc(C(=O)c2ccc(O)cc2)cc1C(C)(C)C.Cc1ccc(CNC(=O)Cc2cc(C(C)(C)C)c(O)c(C(C)(C)C)c2)cc1. The number of phenolic OH excluding ortho intramolecular Hbond substituents is 2. The third-order valence-electron chi connectivity index (χ3n) is 9.18. The highest BCUT2D eigenvalue weighted by atomic mass is 16.3. The van der Waals surface area contributed by atoms with Crippen molar-refractivity contribution < 1.29 is 19.8 Å². The van der Waals surface area contributed by atoms with Gasteiger partial charge in [0, 0.05) is 17.7 Å². The average molecular weight is 692 g/mol. The molecule has 0 fully saturated rings. The number of nitrogens with one attached hydrogen (secondary N) is 1. The molecule has 5 heteroatoms. The van der Waals surface area contributed by atoms with Crippen molar-refractivity contribution in [3.8, 4) is 11.5 Å². The van der Waals surface area contributed by atoms with Crippen molar-refractivity contribution in [1.82, 2.24) is 5.32 Å². The van der Waals surface area contributed by atoms with E-state index < -0.39 is 0 Å². The van der Waals surface area contributed by atoms with Crippen LogP contribution in [-0.4, -0.2) is 21.9 Å². The molecule has 4 aromatic carbocycles. The molecule has 0 saturated carbocycles. The minimum absolute atomic E-state index is 0.00833. The lowest BCUT2D eigenvalue weighted by atomic mass is 9.75.